The molecule has 1 aromatic carbocycles. The lowest BCUT2D eigenvalue weighted by Crippen LogP contribution is -2.28. The molecule has 1 aliphatic rings. The Labute approximate surface area is 129 Å². The lowest BCUT2D eigenvalue weighted by atomic mass is 9.70. The molecule has 1 fully saturated rings. The lowest BCUT2D eigenvalue weighted by molar-refractivity contribution is 0.153. The summed E-state index contributed by atoms with van der Waals surface area (Å²) in [5.41, 5.74) is 2.94. The van der Waals surface area contributed by atoms with Gasteiger partial charge in [-0.05, 0) is 73.6 Å². The fourth-order valence-corrected chi connectivity index (χ4v) is 3.54. The molecule has 0 atom stereocenters. The summed E-state index contributed by atoms with van der Waals surface area (Å²) < 4.78 is 0. The van der Waals surface area contributed by atoms with Crippen molar-refractivity contribution in [2.24, 2.45) is 17.3 Å². The van der Waals surface area contributed by atoms with Crippen molar-refractivity contribution in [1.82, 2.24) is 0 Å². The molecule has 2 heteroatoms. The van der Waals surface area contributed by atoms with Gasteiger partial charge in [0, 0.05) is 17.3 Å². The molecule has 1 N–H and O–H groups in total. The highest BCUT2D eigenvalue weighted by molar-refractivity contribution is 6.30. The number of anilines is 1. The van der Waals surface area contributed by atoms with Gasteiger partial charge in [-0.15, -0.1) is 0 Å². The van der Waals surface area contributed by atoms with Gasteiger partial charge in [-0.25, -0.2) is 0 Å². The first kappa shape index (κ1) is 15.7. The maximum Gasteiger partial charge on any atom is 0.0410 e. The average molecular weight is 294 g/mol. The maximum absolute atomic E-state index is 6.00. The van der Waals surface area contributed by atoms with E-state index < -0.39 is 0 Å². The van der Waals surface area contributed by atoms with Gasteiger partial charge in [0.2, 0.25) is 0 Å². The summed E-state index contributed by atoms with van der Waals surface area (Å²) in [5.74, 6) is 1.72. The van der Waals surface area contributed by atoms with Crippen molar-refractivity contribution in [1.29, 1.82) is 0 Å². The number of hydrogen-bond donors (Lipinski definition) is 1. The first-order valence-electron chi connectivity index (χ1n) is 7.86. The smallest absolute Gasteiger partial charge is 0.0410 e. The second-order valence-corrected chi connectivity index (χ2v) is 7.86. The van der Waals surface area contributed by atoms with Crippen LogP contribution in [0.15, 0.2) is 18.2 Å². The van der Waals surface area contributed by atoms with Crippen LogP contribution < -0.4 is 5.32 Å². The average Bonchev–Trinajstić information content (AvgIpc) is 2.37. The van der Waals surface area contributed by atoms with Crippen LogP contribution in [0.1, 0.15) is 52.0 Å². The van der Waals surface area contributed by atoms with E-state index in [0.717, 1.165) is 23.4 Å². The largest absolute Gasteiger partial charge is 0.385 e. The van der Waals surface area contributed by atoms with Crippen molar-refractivity contribution in [3.63, 3.8) is 0 Å². The highest BCUT2D eigenvalue weighted by Crippen LogP contribution is 2.39. The van der Waals surface area contributed by atoms with Crippen molar-refractivity contribution >= 4 is 17.3 Å². The Kier molecular flexibility index (Phi) is 5.01. The molecule has 2 rings (SSSR count). The first-order chi connectivity index (χ1) is 9.36. The highest BCUT2D eigenvalue weighted by Gasteiger charge is 2.29. The van der Waals surface area contributed by atoms with Gasteiger partial charge < -0.3 is 5.32 Å². The molecule has 1 saturated carbocycles. The molecular formula is C18H28ClN. The number of halogens is 1. The molecular weight excluding hydrogens is 266 g/mol. The molecule has 0 radical (unpaired) electrons. The Hall–Kier alpha value is -0.690. The Morgan fingerprint density at radius 3 is 2.35 bits per heavy atom. The van der Waals surface area contributed by atoms with Crippen LogP contribution >= 0.6 is 11.6 Å². The van der Waals surface area contributed by atoms with Gasteiger partial charge >= 0.3 is 0 Å². The van der Waals surface area contributed by atoms with E-state index in [4.69, 9.17) is 11.6 Å². The maximum atomic E-state index is 6.00. The summed E-state index contributed by atoms with van der Waals surface area (Å²) in [4.78, 5) is 0. The van der Waals surface area contributed by atoms with Crippen LogP contribution in [0.2, 0.25) is 5.02 Å². The second kappa shape index (κ2) is 6.39. The number of benzene rings is 1. The van der Waals surface area contributed by atoms with Crippen LogP contribution in [0.4, 0.5) is 5.69 Å². The van der Waals surface area contributed by atoms with Crippen LogP contribution in [0.25, 0.3) is 0 Å². The zero-order chi connectivity index (χ0) is 14.8. The molecule has 0 aromatic heterocycles. The molecule has 0 amide bonds. The van der Waals surface area contributed by atoms with Crippen molar-refractivity contribution in [3.8, 4) is 0 Å². The molecule has 0 heterocycles. The predicted molar refractivity (Wildman–Crippen MR) is 89.6 cm³/mol. The molecule has 0 unspecified atom stereocenters. The van der Waals surface area contributed by atoms with Gasteiger partial charge in [-0.3, -0.25) is 0 Å². The summed E-state index contributed by atoms with van der Waals surface area (Å²) in [5, 5.41) is 4.42. The molecule has 20 heavy (non-hydrogen) atoms. The fraction of sp³-hybridized carbons (Fsp3) is 0.667. The number of rotatable bonds is 3. The van der Waals surface area contributed by atoms with Gasteiger partial charge in [0.25, 0.3) is 0 Å². The first-order valence-corrected chi connectivity index (χ1v) is 8.24. The zero-order valence-electron chi connectivity index (χ0n) is 13.3. The van der Waals surface area contributed by atoms with E-state index in [1.165, 1.54) is 36.9 Å². The summed E-state index contributed by atoms with van der Waals surface area (Å²) in [6.45, 7) is 10.4. The number of nitrogens with one attached hydrogen (secondary N) is 1. The second-order valence-electron chi connectivity index (χ2n) is 7.42. The third-order valence-corrected chi connectivity index (χ3v) is 5.08. The topological polar surface area (TPSA) is 12.0 Å². The van der Waals surface area contributed by atoms with Crippen LogP contribution in [0.5, 0.6) is 0 Å². The molecule has 112 valence electrons. The monoisotopic (exact) mass is 293 g/mol. The minimum Gasteiger partial charge on any atom is -0.385 e. The van der Waals surface area contributed by atoms with E-state index in [0.29, 0.717) is 5.41 Å². The predicted octanol–water partition coefficient (Wildman–Crippen LogP) is 5.91. The third kappa shape index (κ3) is 4.15. The van der Waals surface area contributed by atoms with Crippen molar-refractivity contribution in [2.45, 2.75) is 53.4 Å². The summed E-state index contributed by atoms with van der Waals surface area (Å²) in [7, 11) is 0. The van der Waals surface area contributed by atoms with Crippen LogP contribution in [0.3, 0.4) is 0 Å². The Morgan fingerprint density at radius 1 is 1.15 bits per heavy atom. The van der Waals surface area contributed by atoms with Gasteiger partial charge in [0.1, 0.15) is 0 Å². The van der Waals surface area contributed by atoms with E-state index in [1.807, 2.05) is 12.1 Å². The standard InChI is InChI=1S/C18H28ClN/c1-13-11-16(19)9-10-17(13)20-12-14-5-7-15(8-6-14)18(2,3)4/h9-11,14-15,20H,5-8,12H2,1-4H3. The molecule has 0 saturated heterocycles. The normalized spacial score (nSPS) is 23.6. The Morgan fingerprint density at radius 2 is 1.80 bits per heavy atom. The number of aryl methyl sites for hydroxylation is 1. The van der Waals surface area contributed by atoms with Crippen LogP contribution in [0, 0.1) is 24.2 Å². The SMILES string of the molecule is Cc1cc(Cl)ccc1NCC1CCC(C(C)(C)C)CC1. The molecule has 0 spiro atoms. The zero-order valence-corrected chi connectivity index (χ0v) is 14.1. The molecule has 1 aromatic rings. The van der Waals surface area contributed by atoms with Crippen molar-refractivity contribution in [3.05, 3.63) is 28.8 Å². The van der Waals surface area contributed by atoms with Crippen molar-refractivity contribution in [2.75, 3.05) is 11.9 Å². The molecule has 1 aliphatic carbocycles. The third-order valence-electron chi connectivity index (χ3n) is 4.84. The Balaban J connectivity index is 1.82. The van der Waals surface area contributed by atoms with Gasteiger partial charge in [0.15, 0.2) is 0 Å². The number of hydrogen-bond acceptors (Lipinski definition) is 1. The van der Waals surface area contributed by atoms with Gasteiger partial charge in [0.05, 0.1) is 0 Å². The van der Waals surface area contributed by atoms with E-state index >= 15 is 0 Å². The lowest BCUT2D eigenvalue weighted by Gasteiger charge is -2.37. The molecule has 0 aliphatic heterocycles. The van der Waals surface area contributed by atoms with Gasteiger partial charge in [-0.2, -0.15) is 0 Å². The minimum absolute atomic E-state index is 0.477. The fourth-order valence-electron chi connectivity index (χ4n) is 3.31. The summed E-state index contributed by atoms with van der Waals surface area (Å²) in [6.07, 6.45) is 5.49. The quantitative estimate of drug-likeness (QED) is 0.730. The summed E-state index contributed by atoms with van der Waals surface area (Å²) in [6, 6.07) is 6.09. The minimum atomic E-state index is 0.477. The molecule has 0 bridgehead atoms. The van der Waals surface area contributed by atoms with E-state index in [9.17, 15) is 0 Å². The van der Waals surface area contributed by atoms with Crippen LogP contribution in [-0.4, -0.2) is 6.54 Å². The molecule has 1 nitrogen and oxygen atoms in total. The van der Waals surface area contributed by atoms with Crippen molar-refractivity contribution < 1.29 is 0 Å². The van der Waals surface area contributed by atoms with Crippen LogP contribution in [-0.2, 0) is 0 Å². The van der Waals surface area contributed by atoms with E-state index in [-0.39, 0.29) is 0 Å². The summed E-state index contributed by atoms with van der Waals surface area (Å²) >= 11 is 6.00. The van der Waals surface area contributed by atoms with E-state index in [2.05, 4.69) is 39.1 Å². The Bertz CT molecular complexity index is 439. The van der Waals surface area contributed by atoms with E-state index in [1.54, 1.807) is 0 Å². The van der Waals surface area contributed by atoms with Gasteiger partial charge in [-0.1, -0.05) is 32.4 Å². The highest BCUT2D eigenvalue weighted by atomic mass is 35.5.